The van der Waals surface area contributed by atoms with Gasteiger partial charge in [-0.15, -0.1) is 0 Å². The molecule has 5 heteroatoms. The third-order valence-electron chi connectivity index (χ3n) is 9.42. The van der Waals surface area contributed by atoms with Crippen molar-refractivity contribution in [2.75, 3.05) is 18.4 Å². The zero-order chi connectivity index (χ0) is 28.6. The van der Waals surface area contributed by atoms with E-state index < -0.39 is 0 Å². The van der Waals surface area contributed by atoms with Gasteiger partial charge in [-0.05, 0) is 124 Å². The first kappa shape index (κ1) is 29.3. The lowest BCUT2D eigenvalue weighted by Crippen LogP contribution is -2.32. The topological polar surface area (TPSA) is 64.6 Å². The van der Waals surface area contributed by atoms with Crippen molar-refractivity contribution in [2.24, 2.45) is 0 Å². The van der Waals surface area contributed by atoms with E-state index in [9.17, 15) is 9.90 Å². The summed E-state index contributed by atoms with van der Waals surface area (Å²) < 4.78 is 0. The first-order chi connectivity index (χ1) is 20.0. The summed E-state index contributed by atoms with van der Waals surface area (Å²) in [5.74, 6) is 1.75. The molecule has 4 aliphatic rings. The van der Waals surface area contributed by atoms with Crippen LogP contribution in [0.4, 0.5) is 10.5 Å². The van der Waals surface area contributed by atoms with Gasteiger partial charge in [0.2, 0.25) is 0 Å². The average molecular weight is 556 g/mol. The highest BCUT2D eigenvalue weighted by atomic mass is 16.3. The van der Waals surface area contributed by atoms with Crippen LogP contribution in [0.25, 0.3) is 5.76 Å². The quantitative estimate of drug-likeness (QED) is 0.311. The molecule has 6 rings (SSSR count). The molecule has 1 saturated heterocycles. The van der Waals surface area contributed by atoms with Crippen molar-refractivity contribution in [2.45, 2.75) is 109 Å². The van der Waals surface area contributed by atoms with Crippen LogP contribution in [0.15, 0.2) is 65.9 Å². The molecule has 3 aliphatic carbocycles. The number of urea groups is 1. The van der Waals surface area contributed by atoms with E-state index >= 15 is 0 Å². The number of allylic oxidation sites excluding steroid dienone is 2. The average Bonchev–Trinajstić information content (AvgIpc) is 3.48. The van der Waals surface area contributed by atoms with Crippen molar-refractivity contribution in [3.63, 3.8) is 0 Å². The number of benzene rings is 2. The second-order valence-corrected chi connectivity index (χ2v) is 12.7. The predicted molar refractivity (Wildman–Crippen MR) is 170 cm³/mol. The number of amides is 2. The molecule has 4 fully saturated rings. The number of rotatable bonds is 6. The van der Waals surface area contributed by atoms with E-state index in [1.807, 2.05) is 17.0 Å². The predicted octanol–water partition coefficient (Wildman–Crippen LogP) is 9.26. The third-order valence-corrected chi connectivity index (χ3v) is 9.42. The summed E-state index contributed by atoms with van der Waals surface area (Å²) in [7, 11) is 0. The van der Waals surface area contributed by atoms with E-state index in [2.05, 4.69) is 67.1 Å². The Morgan fingerprint density at radius 3 is 2.02 bits per heavy atom. The number of carbonyl (C=O) groups is 1. The van der Waals surface area contributed by atoms with Gasteiger partial charge in [0.1, 0.15) is 5.76 Å². The molecule has 0 atom stereocenters. The van der Waals surface area contributed by atoms with Crippen molar-refractivity contribution >= 4 is 17.5 Å². The molecule has 0 radical (unpaired) electrons. The molecule has 3 saturated carbocycles. The third kappa shape index (κ3) is 7.96. The molecule has 2 aromatic rings. The Hall–Kier alpha value is -3.21. The molecule has 220 valence electrons. The van der Waals surface area contributed by atoms with E-state index in [1.165, 1.54) is 68.1 Å². The Balaban J connectivity index is 0.000000175. The van der Waals surface area contributed by atoms with Crippen LogP contribution in [0.1, 0.15) is 119 Å². The SMILES string of the molecule is CC(C)c1ccc(NC(=O)N2CCCC2)cc1.OC(=C1CCC1)c1ccc(C2CCC(NC=C3CCC3)CC2)cc1. The van der Waals surface area contributed by atoms with Crippen LogP contribution in [0.2, 0.25) is 0 Å². The van der Waals surface area contributed by atoms with Gasteiger partial charge in [0.05, 0.1) is 0 Å². The van der Waals surface area contributed by atoms with Crippen molar-refractivity contribution < 1.29 is 9.90 Å². The fraction of sp³-hybridized carbons (Fsp3) is 0.528. The van der Waals surface area contributed by atoms with Crippen LogP contribution < -0.4 is 10.6 Å². The first-order valence-corrected chi connectivity index (χ1v) is 16.1. The molecular formula is C36H49N3O2. The molecule has 2 amide bonds. The zero-order valence-corrected chi connectivity index (χ0v) is 25.1. The highest BCUT2D eigenvalue weighted by molar-refractivity contribution is 5.89. The lowest BCUT2D eigenvalue weighted by atomic mass is 9.81. The smallest absolute Gasteiger partial charge is 0.321 e. The van der Waals surface area contributed by atoms with Crippen LogP contribution >= 0.6 is 0 Å². The molecule has 41 heavy (non-hydrogen) atoms. The molecule has 0 bridgehead atoms. The maximum atomic E-state index is 11.8. The van der Waals surface area contributed by atoms with Gasteiger partial charge >= 0.3 is 6.03 Å². The fourth-order valence-electron chi connectivity index (χ4n) is 6.14. The summed E-state index contributed by atoms with van der Waals surface area (Å²) in [4.78, 5) is 13.7. The summed E-state index contributed by atoms with van der Waals surface area (Å²) in [6.45, 7) is 6.10. The van der Waals surface area contributed by atoms with Crippen molar-refractivity contribution in [3.05, 3.63) is 82.6 Å². The molecule has 5 nitrogen and oxygen atoms in total. The molecule has 2 aromatic carbocycles. The number of aliphatic hydroxyl groups excluding tert-OH is 1. The summed E-state index contributed by atoms with van der Waals surface area (Å²) in [5, 5.41) is 16.9. The normalized spacial score (nSPS) is 21.8. The van der Waals surface area contributed by atoms with E-state index in [1.54, 1.807) is 5.57 Å². The largest absolute Gasteiger partial charge is 0.507 e. The summed E-state index contributed by atoms with van der Waals surface area (Å²) in [5.41, 5.74) is 7.45. The van der Waals surface area contributed by atoms with E-state index in [-0.39, 0.29) is 6.03 Å². The van der Waals surface area contributed by atoms with Crippen LogP contribution in [0, 0.1) is 0 Å². The maximum absolute atomic E-state index is 11.8. The van der Waals surface area contributed by atoms with Gasteiger partial charge in [-0.1, -0.05) is 55.8 Å². The number of aliphatic hydroxyl groups is 1. The Morgan fingerprint density at radius 1 is 0.854 bits per heavy atom. The van der Waals surface area contributed by atoms with Gasteiger partial charge in [-0.25, -0.2) is 4.79 Å². The Morgan fingerprint density at radius 2 is 1.49 bits per heavy atom. The Labute approximate surface area is 247 Å². The van der Waals surface area contributed by atoms with Gasteiger partial charge in [0.25, 0.3) is 0 Å². The van der Waals surface area contributed by atoms with Crippen LogP contribution in [0.5, 0.6) is 0 Å². The highest BCUT2D eigenvalue weighted by Gasteiger charge is 2.23. The number of hydrogen-bond acceptors (Lipinski definition) is 3. The molecular weight excluding hydrogens is 506 g/mol. The van der Waals surface area contributed by atoms with E-state index in [0.29, 0.717) is 23.6 Å². The molecule has 0 spiro atoms. The standard InChI is InChI=1S/C22H29NO.C14H20N2O/c24-22(19-5-2-6-19)20-9-7-17(8-10-20)18-11-13-21(14-12-18)23-15-16-3-1-4-16;1-11(2)12-5-7-13(8-6-12)15-14(17)16-9-3-4-10-16/h7-10,15,18,21,23-24H,1-6,11-14H2;5-8,11H,3-4,9-10H2,1-2H3,(H,15,17). The molecule has 0 aromatic heterocycles. The number of carbonyl (C=O) groups excluding carboxylic acids is 1. The van der Waals surface area contributed by atoms with Crippen LogP contribution in [0.3, 0.4) is 0 Å². The summed E-state index contributed by atoms with van der Waals surface area (Å²) in [6, 6.07) is 17.5. The van der Waals surface area contributed by atoms with Crippen molar-refractivity contribution in [1.29, 1.82) is 0 Å². The lowest BCUT2D eigenvalue weighted by Gasteiger charge is -2.30. The summed E-state index contributed by atoms with van der Waals surface area (Å²) >= 11 is 0. The van der Waals surface area contributed by atoms with Crippen molar-refractivity contribution in [1.82, 2.24) is 10.2 Å². The second kappa shape index (κ2) is 14.1. The van der Waals surface area contributed by atoms with Gasteiger partial charge in [-0.3, -0.25) is 0 Å². The lowest BCUT2D eigenvalue weighted by molar-refractivity contribution is 0.222. The molecule has 3 N–H and O–H groups in total. The number of nitrogens with zero attached hydrogens (tertiary/aromatic N) is 1. The number of likely N-dealkylation sites (tertiary alicyclic amines) is 1. The van der Waals surface area contributed by atoms with E-state index in [4.69, 9.17) is 0 Å². The second-order valence-electron chi connectivity index (χ2n) is 12.7. The monoisotopic (exact) mass is 555 g/mol. The maximum Gasteiger partial charge on any atom is 0.321 e. The minimum atomic E-state index is 0.0276. The molecule has 1 aliphatic heterocycles. The molecule has 0 unspecified atom stereocenters. The zero-order valence-electron chi connectivity index (χ0n) is 25.1. The Kier molecular flexibility index (Phi) is 10.1. The van der Waals surface area contributed by atoms with Gasteiger partial charge in [0, 0.05) is 30.4 Å². The first-order valence-electron chi connectivity index (χ1n) is 16.1. The fourth-order valence-corrected chi connectivity index (χ4v) is 6.14. The number of anilines is 1. The summed E-state index contributed by atoms with van der Waals surface area (Å²) in [6.07, 6.45) is 17.0. The van der Waals surface area contributed by atoms with Gasteiger partial charge in [-0.2, -0.15) is 0 Å². The number of nitrogens with one attached hydrogen (secondary N) is 2. The minimum Gasteiger partial charge on any atom is -0.507 e. The number of hydrogen-bond donors (Lipinski definition) is 3. The van der Waals surface area contributed by atoms with Gasteiger partial charge in [0.15, 0.2) is 0 Å². The van der Waals surface area contributed by atoms with E-state index in [0.717, 1.165) is 50.0 Å². The van der Waals surface area contributed by atoms with Crippen LogP contribution in [-0.2, 0) is 0 Å². The minimum absolute atomic E-state index is 0.0276. The highest BCUT2D eigenvalue weighted by Crippen LogP contribution is 2.35. The van der Waals surface area contributed by atoms with Gasteiger partial charge < -0.3 is 20.6 Å². The van der Waals surface area contributed by atoms with Crippen LogP contribution in [-0.4, -0.2) is 35.2 Å². The Bertz CT molecular complexity index is 1190. The van der Waals surface area contributed by atoms with Crippen molar-refractivity contribution in [3.8, 4) is 0 Å². The molecule has 1 heterocycles.